The van der Waals surface area contributed by atoms with Crippen molar-refractivity contribution in [2.24, 2.45) is 0 Å². The molecule has 4 aromatic heterocycles. The largest absolute Gasteiger partial charge is 0.308 e. The molecule has 230 valence electrons. The van der Waals surface area contributed by atoms with E-state index in [9.17, 15) is 0 Å². The molecule has 0 spiro atoms. The summed E-state index contributed by atoms with van der Waals surface area (Å²) in [5.41, 5.74) is 10.6. The lowest BCUT2D eigenvalue weighted by Crippen LogP contribution is -2.10. The Hall–Kier alpha value is -5.34. The Morgan fingerprint density at radius 1 is 0.333 bits per heavy atom. The summed E-state index contributed by atoms with van der Waals surface area (Å²) in [6.07, 6.45) is 0. The molecule has 0 saturated heterocycles. The van der Waals surface area contributed by atoms with Crippen LogP contribution in [0.2, 0.25) is 0 Å². The minimum Gasteiger partial charge on any atom is -0.308 e. The van der Waals surface area contributed by atoms with E-state index in [0.717, 1.165) is 0 Å². The molecule has 11 rings (SSSR count). The normalized spacial score (nSPS) is 13.6. The predicted molar refractivity (Wildman–Crippen MR) is 208 cm³/mol. The highest BCUT2D eigenvalue weighted by atomic mass is 14.9. The Balaban J connectivity index is 1.40. The van der Waals surface area contributed by atoms with Crippen LogP contribution < -0.4 is 0 Å². The molecule has 0 atom stereocenters. The van der Waals surface area contributed by atoms with Crippen molar-refractivity contribution in [3.63, 3.8) is 0 Å². The van der Waals surface area contributed by atoms with Crippen LogP contribution in [0.1, 0.15) is 52.7 Å². The van der Waals surface area contributed by atoms with E-state index in [1.54, 1.807) is 0 Å². The van der Waals surface area contributed by atoms with Crippen molar-refractivity contribution in [1.29, 1.82) is 0 Å². The fourth-order valence-corrected chi connectivity index (χ4v) is 8.82. The molecule has 48 heavy (non-hydrogen) atoms. The van der Waals surface area contributed by atoms with Gasteiger partial charge in [0.2, 0.25) is 0 Å². The molecule has 0 N–H and O–H groups in total. The Morgan fingerprint density at radius 2 is 0.625 bits per heavy atom. The number of fused-ring (bicyclic) bond motifs is 14. The van der Waals surface area contributed by atoms with Crippen LogP contribution in [0.5, 0.6) is 0 Å². The maximum atomic E-state index is 2.57. The third kappa shape index (κ3) is 3.23. The van der Waals surface area contributed by atoms with Gasteiger partial charge in [0, 0.05) is 43.1 Å². The Bertz CT molecular complexity index is 2950. The molecule has 2 heteroatoms. The Morgan fingerprint density at radius 3 is 0.958 bits per heavy atom. The molecule has 7 aromatic carbocycles. The van der Waals surface area contributed by atoms with Crippen LogP contribution in [0.4, 0.5) is 0 Å². The van der Waals surface area contributed by atoms with E-state index < -0.39 is 0 Å². The first-order chi connectivity index (χ1) is 23.0. The first-order valence-corrected chi connectivity index (χ1v) is 17.3. The summed E-state index contributed by atoms with van der Waals surface area (Å²) in [7, 11) is 0. The van der Waals surface area contributed by atoms with Gasteiger partial charge in [0.05, 0.1) is 33.1 Å². The zero-order valence-electron chi connectivity index (χ0n) is 28.3. The number of benzene rings is 7. The summed E-state index contributed by atoms with van der Waals surface area (Å²) in [5.74, 6) is 0. The fraction of sp³-hybridized carbons (Fsp3) is 0.174. The van der Waals surface area contributed by atoms with E-state index in [1.807, 2.05) is 0 Å². The zero-order valence-corrected chi connectivity index (χ0v) is 28.3. The smallest absolute Gasteiger partial charge is 0.0620 e. The van der Waals surface area contributed by atoms with Crippen molar-refractivity contribution >= 4 is 97.7 Å². The second-order valence-electron chi connectivity index (χ2n) is 16.3. The molecular formula is C46H36N2. The Labute approximate surface area is 278 Å². The molecule has 0 saturated carbocycles. The van der Waals surface area contributed by atoms with Crippen molar-refractivity contribution in [3.05, 3.63) is 120 Å². The van der Waals surface area contributed by atoms with Crippen LogP contribution in [0, 0.1) is 0 Å². The second kappa shape index (κ2) is 8.38. The molecule has 0 aliphatic heterocycles. The topological polar surface area (TPSA) is 8.82 Å². The van der Waals surface area contributed by atoms with Gasteiger partial charge in [-0.1, -0.05) is 90.1 Å². The summed E-state index contributed by atoms with van der Waals surface area (Å²) in [6.45, 7) is 14.0. The lowest BCUT2D eigenvalue weighted by Gasteiger charge is -2.19. The van der Waals surface area contributed by atoms with Gasteiger partial charge in [0.25, 0.3) is 0 Å². The number of nitrogens with zero attached hydrogens (tertiary/aromatic N) is 2. The minimum absolute atomic E-state index is 0.0267. The summed E-state index contributed by atoms with van der Waals surface area (Å²) in [5, 5.41) is 15.9. The lowest BCUT2D eigenvalue weighted by atomic mass is 9.85. The fourth-order valence-electron chi connectivity index (χ4n) is 8.82. The van der Waals surface area contributed by atoms with Crippen molar-refractivity contribution in [1.82, 2.24) is 8.80 Å². The minimum atomic E-state index is 0.0267. The first kappa shape index (κ1) is 26.7. The average molecular weight is 617 g/mol. The number of hydrogen-bond acceptors (Lipinski definition) is 0. The van der Waals surface area contributed by atoms with Gasteiger partial charge in [-0.25, -0.2) is 0 Å². The molecule has 2 nitrogen and oxygen atoms in total. The zero-order chi connectivity index (χ0) is 32.4. The SMILES string of the molecule is CC(C)(C)c1cc2c3cc4ccccc4cc3n3c4cc5c6cc(C(C)(C)C)cc7c8cc9ccccc9cc8n(c5cc4c(c1)c23)c76. The molecule has 0 bridgehead atoms. The van der Waals surface area contributed by atoms with Gasteiger partial charge >= 0.3 is 0 Å². The van der Waals surface area contributed by atoms with Gasteiger partial charge in [-0.3, -0.25) is 0 Å². The molecular weight excluding hydrogens is 581 g/mol. The number of aromatic nitrogens is 2. The summed E-state index contributed by atoms with van der Waals surface area (Å²) in [4.78, 5) is 0. The van der Waals surface area contributed by atoms with Gasteiger partial charge in [-0.15, -0.1) is 0 Å². The molecule has 0 fully saturated rings. The first-order valence-electron chi connectivity index (χ1n) is 17.3. The third-order valence-electron chi connectivity index (χ3n) is 11.4. The number of rotatable bonds is 0. The van der Waals surface area contributed by atoms with E-state index in [-0.39, 0.29) is 10.8 Å². The highest BCUT2D eigenvalue weighted by Gasteiger charge is 2.26. The molecule has 0 aliphatic carbocycles. The summed E-state index contributed by atoms with van der Waals surface area (Å²) in [6, 6.07) is 42.1. The van der Waals surface area contributed by atoms with Gasteiger partial charge in [0.15, 0.2) is 0 Å². The third-order valence-corrected chi connectivity index (χ3v) is 11.4. The van der Waals surface area contributed by atoms with Crippen LogP contribution in [0.3, 0.4) is 0 Å². The maximum absolute atomic E-state index is 2.57. The van der Waals surface area contributed by atoms with Crippen LogP contribution >= 0.6 is 0 Å². The molecule has 0 unspecified atom stereocenters. The second-order valence-corrected chi connectivity index (χ2v) is 16.3. The molecule has 0 radical (unpaired) electrons. The maximum Gasteiger partial charge on any atom is 0.0620 e. The lowest BCUT2D eigenvalue weighted by molar-refractivity contribution is 0.591. The highest BCUT2D eigenvalue weighted by Crippen LogP contribution is 2.47. The van der Waals surface area contributed by atoms with Crippen LogP contribution in [-0.2, 0) is 10.8 Å². The van der Waals surface area contributed by atoms with Crippen LogP contribution in [0.25, 0.3) is 97.7 Å². The van der Waals surface area contributed by atoms with Crippen molar-refractivity contribution < 1.29 is 0 Å². The quantitative estimate of drug-likeness (QED) is 0.160. The van der Waals surface area contributed by atoms with Crippen LogP contribution in [-0.4, -0.2) is 8.80 Å². The average Bonchev–Trinajstić information content (AvgIpc) is 3.76. The van der Waals surface area contributed by atoms with Gasteiger partial charge in [0.1, 0.15) is 0 Å². The molecule has 0 aliphatic rings. The van der Waals surface area contributed by atoms with Gasteiger partial charge in [-0.2, -0.15) is 0 Å². The van der Waals surface area contributed by atoms with Crippen molar-refractivity contribution in [3.8, 4) is 0 Å². The van der Waals surface area contributed by atoms with E-state index in [4.69, 9.17) is 0 Å². The van der Waals surface area contributed by atoms with Crippen molar-refractivity contribution in [2.75, 3.05) is 0 Å². The number of hydrogen-bond donors (Lipinski definition) is 0. The molecule has 11 aromatic rings. The standard InChI is InChI=1S/C46H36N2/c1-45(2,3)29-19-35-31-15-25-11-7-9-13-27(25)17-39(31)47-41-24-34-38-22-30(46(4,5)6)20-36-32-16-26-12-8-10-14-28(26)18-40(32)48(44(36)38)42(34)23-33(41)37(21-29)43(35)47/h7-24H,1-6H3. The van der Waals surface area contributed by atoms with Gasteiger partial charge in [-0.05, 0) is 104 Å². The van der Waals surface area contributed by atoms with Gasteiger partial charge < -0.3 is 8.80 Å². The highest BCUT2D eigenvalue weighted by molar-refractivity contribution is 6.30. The molecule has 0 amide bonds. The van der Waals surface area contributed by atoms with E-state index in [2.05, 4.69) is 160 Å². The summed E-state index contributed by atoms with van der Waals surface area (Å²) >= 11 is 0. The van der Waals surface area contributed by atoms with Crippen molar-refractivity contribution in [2.45, 2.75) is 52.4 Å². The van der Waals surface area contributed by atoms with E-state index >= 15 is 0 Å². The van der Waals surface area contributed by atoms with Crippen LogP contribution in [0.15, 0.2) is 109 Å². The Kier molecular flexibility index (Phi) is 4.66. The summed E-state index contributed by atoms with van der Waals surface area (Å²) < 4.78 is 5.14. The van der Waals surface area contributed by atoms with E-state index in [1.165, 1.54) is 109 Å². The predicted octanol–water partition coefficient (Wildman–Crippen LogP) is 12.9. The van der Waals surface area contributed by atoms with E-state index in [0.29, 0.717) is 0 Å². The molecule has 4 heterocycles. The monoisotopic (exact) mass is 616 g/mol.